The molecule has 0 unspecified atom stereocenters. The van der Waals surface area contributed by atoms with E-state index in [9.17, 15) is 9.59 Å². The average molecular weight is 188 g/mol. The zero-order valence-electron chi connectivity index (χ0n) is 8.04. The van der Waals surface area contributed by atoms with E-state index in [1.54, 1.807) is 0 Å². The van der Waals surface area contributed by atoms with Crippen LogP contribution in [0.15, 0.2) is 0 Å². The van der Waals surface area contributed by atoms with Gasteiger partial charge in [0.1, 0.15) is 0 Å². The second-order valence-corrected chi connectivity index (χ2v) is 2.93. The fourth-order valence-corrected chi connectivity index (χ4v) is 0.821. The lowest BCUT2D eigenvalue weighted by atomic mass is 10.4. The first kappa shape index (κ1) is 11.9. The van der Waals surface area contributed by atoms with Gasteiger partial charge < -0.3 is 15.3 Å². The van der Waals surface area contributed by atoms with Gasteiger partial charge in [-0.3, -0.25) is 9.59 Å². The first-order valence-corrected chi connectivity index (χ1v) is 4.17. The fourth-order valence-electron chi connectivity index (χ4n) is 0.821. The molecule has 0 saturated heterocycles. The summed E-state index contributed by atoms with van der Waals surface area (Å²) in [6.45, 7) is 3.20. The molecule has 2 N–H and O–H groups in total. The van der Waals surface area contributed by atoms with Crippen LogP contribution < -0.4 is 5.32 Å². The lowest BCUT2D eigenvalue weighted by molar-refractivity contribution is -0.137. The van der Waals surface area contributed by atoms with Gasteiger partial charge in [-0.05, 0) is 7.05 Å². The largest absolute Gasteiger partial charge is 0.481 e. The molecule has 0 atom stereocenters. The number of aliphatic carboxylic acids is 1. The third kappa shape index (κ3) is 8.81. The van der Waals surface area contributed by atoms with Crippen LogP contribution in [0.1, 0.15) is 13.3 Å². The fraction of sp³-hybridized carbons (Fsp3) is 0.750. The van der Waals surface area contributed by atoms with E-state index < -0.39 is 5.97 Å². The minimum absolute atomic E-state index is 0.0633. The van der Waals surface area contributed by atoms with E-state index in [1.165, 1.54) is 6.92 Å². The Morgan fingerprint density at radius 3 is 2.46 bits per heavy atom. The number of hydrogen-bond acceptors (Lipinski definition) is 3. The molecule has 1 amide bonds. The lowest BCUT2D eigenvalue weighted by Crippen LogP contribution is -2.32. The lowest BCUT2D eigenvalue weighted by Gasteiger charge is -2.14. The van der Waals surface area contributed by atoms with Crippen LogP contribution in [-0.2, 0) is 9.59 Å². The van der Waals surface area contributed by atoms with Gasteiger partial charge in [0.05, 0.1) is 6.42 Å². The zero-order chi connectivity index (χ0) is 10.3. The standard InChI is InChI=1S/C8H16N2O3/c1-7(11)9-4-6-10(2)5-3-8(12)13/h3-6H2,1-2H3,(H,9,11)(H,12,13). The number of amides is 1. The summed E-state index contributed by atoms with van der Waals surface area (Å²) in [5, 5.41) is 11.0. The summed E-state index contributed by atoms with van der Waals surface area (Å²) in [6, 6.07) is 0. The number of nitrogens with one attached hydrogen (secondary N) is 1. The quantitative estimate of drug-likeness (QED) is 0.591. The van der Waals surface area contributed by atoms with Crippen molar-refractivity contribution in [3.63, 3.8) is 0 Å². The molecule has 0 aromatic rings. The van der Waals surface area contributed by atoms with Gasteiger partial charge in [0.15, 0.2) is 0 Å². The van der Waals surface area contributed by atoms with Gasteiger partial charge in [-0.1, -0.05) is 0 Å². The number of likely N-dealkylation sites (N-methyl/N-ethyl adjacent to an activating group) is 1. The molecule has 0 aliphatic carbocycles. The molecule has 0 saturated carbocycles. The molecule has 5 heteroatoms. The Morgan fingerprint density at radius 2 is 2.00 bits per heavy atom. The first-order chi connectivity index (χ1) is 6.02. The van der Waals surface area contributed by atoms with Crippen LogP contribution in [0, 0.1) is 0 Å². The van der Waals surface area contributed by atoms with Gasteiger partial charge in [0.25, 0.3) is 0 Å². The van der Waals surface area contributed by atoms with Crippen molar-refractivity contribution < 1.29 is 14.7 Å². The highest BCUT2D eigenvalue weighted by Gasteiger charge is 2.01. The monoisotopic (exact) mass is 188 g/mol. The van der Waals surface area contributed by atoms with Crippen molar-refractivity contribution in [1.82, 2.24) is 10.2 Å². The Balaban J connectivity index is 3.35. The van der Waals surface area contributed by atoms with Crippen molar-refractivity contribution in [2.24, 2.45) is 0 Å². The maximum atomic E-state index is 10.5. The molecule has 0 spiro atoms. The van der Waals surface area contributed by atoms with Crippen molar-refractivity contribution in [3.8, 4) is 0 Å². The van der Waals surface area contributed by atoms with Crippen molar-refractivity contribution in [2.75, 3.05) is 26.7 Å². The highest BCUT2D eigenvalue weighted by Crippen LogP contribution is 1.85. The summed E-state index contributed by atoms with van der Waals surface area (Å²) in [7, 11) is 1.82. The topological polar surface area (TPSA) is 69.6 Å². The van der Waals surface area contributed by atoms with E-state index in [-0.39, 0.29) is 12.3 Å². The molecule has 0 rings (SSSR count). The zero-order valence-corrected chi connectivity index (χ0v) is 8.04. The summed E-state index contributed by atoms with van der Waals surface area (Å²) >= 11 is 0. The maximum absolute atomic E-state index is 10.5. The number of carboxylic acid groups (broad SMARTS) is 1. The second-order valence-electron chi connectivity index (χ2n) is 2.93. The summed E-state index contributed by atoms with van der Waals surface area (Å²) in [4.78, 5) is 22.5. The van der Waals surface area contributed by atoms with E-state index >= 15 is 0 Å². The van der Waals surface area contributed by atoms with Crippen LogP contribution in [0.5, 0.6) is 0 Å². The Kier molecular flexibility index (Phi) is 5.88. The van der Waals surface area contributed by atoms with Crippen molar-refractivity contribution in [2.45, 2.75) is 13.3 Å². The first-order valence-electron chi connectivity index (χ1n) is 4.17. The SMILES string of the molecule is CC(=O)NCCN(C)CCC(=O)O. The predicted octanol–water partition coefficient (Wildman–Crippen LogP) is -0.471. The molecule has 5 nitrogen and oxygen atoms in total. The van der Waals surface area contributed by atoms with Crippen molar-refractivity contribution in [1.29, 1.82) is 0 Å². The molecule has 0 radical (unpaired) electrons. The van der Waals surface area contributed by atoms with Gasteiger partial charge in [0.2, 0.25) is 5.91 Å². The Labute approximate surface area is 77.7 Å². The van der Waals surface area contributed by atoms with Gasteiger partial charge in [-0.15, -0.1) is 0 Å². The molecule has 0 fully saturated rings. The third-order valence-corrected chi connectivity index (χ3v) is 1.57. The molecular formula is C8H16N2O3. The smallest absolute Gasteiger partial charge is 0.304 e. The molecular weight excluding hydrogens is 172 g/mol. The second kappa shape index (κ2) is 6.42. The molecule has 0 aliphatic heterocycles. The van der Waals surface area contributed by atoms with Crippen LogP contribution in [0.25, 0.3) is 0 Å². The van der Waals surface area contributed by atoms with Crippen LogP contribution in [0.2, 0.25) is 0 Å². The molecule has 0 aromatic carbocycles. The van der Waals surface area contributed by atoms with E-state index in [1.807, 2.05) is 11.9 Å². The van der Waals surface area contributed by atoms with Gasteiger partial charge in [-0.2, -0.15) is 0 Å². The molecule has 0 aromatic heterocycles. The van der Waals surface area contributed by atoms with Crippen LogP contribution >= 0.6 is 0 Å². The van der Waals surface area contributed by atoms with Crippen molar-refractivity contribution >= 4 is 11.9 Å². The minimum atomic E-state index is -0.800. The van der Waals surface area contributed by atoms with E-state index in [4.69, 9.17) is 5.11 Å². The molecule has 0 aliphatic rings. The predicted molar refractivity (Wildman–Crippen MR) is 48.4 cm³/mol. The Hall–Kier alpha value is -1.10. The molecule has 0 heterocycles. The number of carbonyl (C=O) groups excluding carboxylic acids is 1. The van der Waals surface area contributed by atoms with E-state index in [2.05, 4.69) is 5.32 Å². The van der Waals surface area contributed by atoms with Gasteiger partial charge >= 0.3 is 5.97 Å². The average Bonchev–Trinajstić information content (AvgIpc) is 2.00. The summed E-state index contributed by atoms with van der Waals surface area (Å²) < 4.78 is 0. The molecule has 0 bridgehead atoms. The third-order valence-electron chi connectivity index (χ3n) is 1.57. The summed E-state index contributed by atoms with van der Waals surface area (Å²) in [5.41, 5.74) is 0. The highest BCUT2D eigenvalue weighted by molar-refractivity contribution is 5.72. The van der Waals surface area contributed by atoms with Gasteiger partial charge in [0, 0.05) is 26.6 Å². The van der Waals surface area contributed by atoms with Gasteiger partial charge in [-0.25, -0.2) is 0 Å². The summed E-state index contributed by atoms with van der Waals surface area (Å²) in [6.07, 6.45) is 0.135. The van der Waals surface area contributed by atoms with Crippen molar-refractivity contribution in [3.05, 3.63) is 0 Å². The van der Waals surface area contributed by atoms with Crippen LogP contribution in [-0.4, -0.2) is 48.6 Å². The van der Waals surface area contributed by atoms with E-state index in [0.717, 1.165) is 0 Å². The number of nitrogens with zero attached hydrogens (tertiary/aromatic N) is 1. The number of hydrogen-bond donors (Lipinski definition) is 2. The van der Waals surface area contributed by atoms with Crippen LogP contribution in [0.4, 0.5) is 0 Å². The highest BCUT2D eigenvalue weighted by atomic mass is 16.4. The minimum Gasteiger partial charge on any atom is -0.481 e. The molecule has 76 valence electrons. The Morgan fingerprint density at radius 1 is 1.38 bits per heavy atom. The number of carbonyl (C=O) groups is 2. The number of rotatable bonds is 6. The normalized spacial score (nSPS) is 10.1. The van der Waals surface area contributed by atoms with Crippen LogP contribution in [0.3, 0.4) is 0 Å². The van der Waals surface area contributed by atoms with E-state index in [0.29, 0.717) is 19.6 Å². The summed E-state index contributed by atoms with van der Waals surface area (Å²) in [5.74, 6) is -0.863. The maximum Gasteiger partial charge on any atom is 0.304 e. The Bertz CT molecular complexity index is 182. The molecule has 13 heavy (non-hydrogen) atoms. The number of carboxylic acids is 1.